The van der Waals surface area contributed by atoms with E-state index in [1.54, 1.807) is 0 Å². The first-order chi connectivity index (χ1) is 8.59. The summed E-state index contributed by atoms with van der Waals surface area (Å²) in [6.45, 7) is 4.17. The molecule has 0 aromatic heterocycles. The number of piperidine rings is 1. The second-order valence-electron chi connectivity index (χ2n) is 6.12. The molecule has 1 heterocycles. The number of alkyl halides is 2. The van der Waals surface area contributed by atoms with Crippen molar-refractivity contribution in [2.75, 3.05) is 33.2 Å². The summed E-state index contributed by atoms with van der Waals surface area (Å²) in [6, 6.07) is 0. The molecule has 2 nitrogen and oxygen atoms in total. The summed E-state index contributed by atoms with van der Waals surface area (Å²) in [4.78, 5) is 2.40. The summed E-state index contributed by atoms with van der Waals surface area (Å²) in [5.74, 6) is -1.40. The lowest BCUT2D eigenvalue weighted by Gasteiger charge is -2.36. The zero-order chi connectivity index (χ0) is 13.0. The van der Waals surface area contributed by atoms with Crippen LogP contribution in [0, 0.1) is 11.8 Å². The zero-order valence-corrected chi connectivity index (χ0v) is 12.7. The third-order valence-electron chi connectivity index (χ3n) is 4.46. The summed E-state index contributed by atoms with van der Waals surface area (Å²) in [6.07, 6.45) is 4.34. The van der Waals surface area contributed by atoms with E-state index in [-0.39, 0.29) is 31.2 Å². The van der Waals surface area contributed by atoms with Crippen molar-refractivity contribution >= 4 is 12.4 Å². The normalized spacial score (nSPS) is 28.9. The number of nitrogens with one attached hydrogen (secondary N) is 1. The molecule has 2 rings (SSSR count). The molecule has 2 fully saturated rings. The molecule has 1 N–H and O–H groups in total. The van der Waals surface area contributed by atoms with Gasteiger partial charge in [0.2, 0.25) is 5.92 Å². The molecule has 0 aromatic carbocycles. The highest BCUT2D eigenvalue weighted by atomic mass is 35.5. The van der Waals surface area contributed by atoms with E-state index >= 15 is 0 Å². The predicted molar refractivity (Wildman–Crippen MR) is 77.2 cm³/mol. The van der Waals surface area contributed by atoms with Gasteiger partial charge in [0.05, 0.1) is 0 Å². The molecule has 0 amide bonds. The Bertz CT molecular complexity index is 256. The van der Waals surface area contributed by atoms with Crippen LogP contribution in [0.25, 0.3) is 0 Å². The minimum absolute atomic E-state index is 0. The summed E-state index contributed by atoms with van der Waals surface area (Å²) >= 11 is 0. The number of hydrogen-bond donors (Lipinski definition) is 1. The van der Waals surface area contributed by atoms with Crippen molar-refractivity contribution in [1.82, 2.24) is 10.2 Å². The highest BCUT2D eigenvalue weighted by molar-refractivity contribution is 5.85. The molecular weight excluding hydrogens is 270 g/mol. The van der Waals surface area contributed by atoms with Gasteiger partial charge in [-0.15, -0.1) is 12.4 Å². The molecule has 2 aliphatic rings. The Morgan fingerprint density at radius 1 is 1.16 bits per heavy atom. The number of likely N-dealkylation sites (tertiary alicyclic amines) is 1. The van der Waals surface area contributed by atoms with E-state index in [1.165, 1.54) is 12.8 Å². The van der Waals surface area contributed by atoms with E-state index in [0.717, 1.165) is 38.5 Å². The van der Waals surface area contributed by atoms with Crippen molar-refractivity contribution in [2.24, 2.45) is 11.8 Å². The monoisotopic (exact) mass is 296 g/mol. The van der Waals surface area contributed by atoms with Crippen LogP contribution in [0.4, 0.5) is 8.78 Å². The standard InChI is InChI=1S/C14H26F2N2.ClH/c1-17-10-12-4-7-18(8-5-12)11-13-3-2-6-14(15,16)9-13;/h12-13,17H,2-11H2,1H3;1H. The minimum atomic E-state index is -2.40. The quantitative estimate of drug-likeness (QED) is 0.857. The van der Waals surface area contributed by atoms with Crippen LogP contribution in [-0.2, 0) is 0 Å². The van der Waals surface area contributed by atoms with E-state index in [4.69, 9.17) is 0 Å². The fraction of sp³-hybridized carbons (Fsp3) is 1.00. The predicted octanol–water partition coefficient (Wildman–Crippen LogP) is 3.17. The third-order valence-corrected chi connectivity index (χ3v) is 4.46. The summed E-state index contributed by atoms with van der Waals surface area (Å²) < 4.78 is 26.7. The van der Waals surface area contributed by atoms with Crippen LogP contribution in [0.3, 0.4) is 0 Å². The van der Waals surface area contributed by atoms with Crippen molar-refractivity contribution in [3.8, 4) is 0 Å². The van der Waals surface area contributed by atoms with Gasteiger partial charge in [-0.2, -0.15) is 0 Å². The lowest BCUT2D eigenvalue weighted by Crippen LogP contribution is -2.41. The zero-order valence-electron chi connectivity index (χ0n) is 11.8. The Labute approximate surface area is 121 Å². The molecule has 0 aromatic rings. The van der Waals surface area contributed by atoms with Gasteiger partial charge in [0, 0.05) is 19.4 Å². The van der Waals surface area contributed by atoms with Crippen LogP contribution < -0.4 is 5.32 Å². The first kappa shape index (κ1) is 17.1. The van der Waals surface area contributed by atoms with Crippen molar-refractivity contribution in [3.63, 3.8) is 0 Å². The fourth-order valence-corrected chi connectivity index (χ4v) is 3.46. The van der Waals surface area contributed by atoms with E-state index in [1.807, 2.05) is 7.05 Å². The first-order valence-electron chi connectivity index (χ1n) is 7.34. The van der Waals surface area contributed by atoms with Crippen LogP contribution in [0.2, 0.25) is 0 Å². The van der Waals surface area contributed by atoms with Crippen molar-refractivity contribution in [2.45, 2.75) is 44.4 Å². The second-order valence-corrected chi connectivity index (χ2v) is 6.12. The number of halogens is 3. The van der Waals surface area contributed by atoms with Gasteiger partial charge in [-0.05, 0) is 64.2 Å². The van der Waals surface area contributed by atoms with Gasteiger partial charge in [-0.1, -0.05) is 0 Å². The minimum Gasteiger partial charge on any atom is -0.319 e. The number of hydrogen-bond acceptors (Lipinski definition) is 2. The largest absolute Gasteiger partial charge is 0.319 e. The van der Waals surface area contributed by atoms with E-state index in [9.17, 15) is 8.78 Å². The Balaban J connectivity index is 0.00000180. The van der Waals surface area contributed by atoms with Crippen LogP contribution in [0.5, 0.6) is 0 Å². The van der Waals surface area contributed by atoms with Gasteiger partial charge in [-0.25, -0.2) is 8.78 Å². The third kappa shape index (κ3) is 5.52. The van der Waals surface area contributed by atoms with Crippen LogP contribution >= 0.6 is 12.4 Å². The van der Waals surface area contributed by atoms with Crippen molar-refractivity contribution in [1.29, 1.82) is 0 Å². The molecule has 5 heteroatoms. The average Bonchev–Trinajstić information content (AvgIpc) is 2.31. The smallest absolute Gasteiger partial charge is 0.248 e. The Kier molecular flexibility index (Phi) is 6.98. The molecule has 1 aliphatic carbocycles. The van der Waals surface area contributed by atoms with Gasteiger partial charge in [-0.3, -0.25) is 0 Å². The summed E-state index contributed by atoms with van der Waals surface area (Å²) in [5, 5.41) is 3.23. The molecule has 1 unspecified atom stereocenters. The fourth-order valence-electron chi connectivity index (χ4n) is 3.46. The second kappa shape index (κ2) is 7.75. The van der Waals surface area contributed by atoms with E-state index in [0.29, 0.717) is 6.42 Å². The number of rotatable bonds is 4. The molecule has 1 atom stereocenters. The summed E-state index contributed by atoms with van der Waals surface area (Å²) in [5.41, 5.74) is 0. The van der Waals surface area contributed by atoms with Crippen LogP contribution in [-0.4, -0.2) is 44.0 Å². The molecule has 114 valence electrons. The average molecular weight is 297 g/mol. The topological polar surface area (TPSA) is 15.3 Å². The lowest BCUT2D eigenvalue weighted by atomic mass is 9.85. The Morgan fingerprint density at radius 2 is 1.84 bits per heavy atom. The van der Waals surface area contributed by atoms with Crippen LogP contribution in [0.1, 0.15) is 38.5 Å². The van der Waals surface area contributed by atoms with Gasteiger partial charge in [0.15, 0.2) is 0 Å². The molecule has 0 spiro atoms. The highest BCUT2D eigenvalue weighted by Crippen LogP contribution is 2.37. The van der Waals surface area contributed by atoms with Gasteiger partial charge < -0.3 is 10.2 Å². The van der Waals surface area contributed by atoms with Gasteiger partial charge >= 0.3 is 0 Å². The molecule has 0 bridgehead atoms. The lowest BCUT2D eigenvalue weighted by molar-refractivity contribution is -0.0579. The maximum atomic E-state index is 13.3. The van der Waals surface area contributed by atoms with E-state index < -0.39 is 5.92 Å². The Hall–Kier alpha value is 0.0700. The highest BCUT2D eigenvalue weighted by Gasteiger charge is 2.36. The molecule has 19 heavy (non-hydrogen) atoms. The maximum Gasteiger partial charge on any atom is 0.248 e. The molecular formula is C14H27ClF2N2. The first-order valence-corrected chi connectivity index (χ1v) is 7.34. The van der Waals surface area contributed by atoms with E-state index in [2.05, 4.69) is 10.2 Å². The summed E-state index contributed by atoms with van der Waals surface area (Å²) in [7, 11) is 2.00. The van der Waals surface area contributed by atoms with Crippen molar-refractivity contribution in [3.05, 3.63) is 0 Å². The molecule has 1 saturated carbocycles. The Morgan fingerprint density at radius 3 is 2.42 bits per heavy atom. The SMILES string of the molecule is CNCC1CCN(CC2CCCC(F)(F)C2)CC1.Cl. The van der Waals surface area contributed by atoms with Gasteiger partial charge in [0.1, 0.15) is 0 Å². The van der Waals surface area contributed by atoms with Gasteiger partial charge in [0.25, 0.3) is 0 Å². The van der Waals surface area contributed by atoms with Crippen molar-refractivity contribution < 1.29 is 8.78 Å². The maximum absolute atomic E-state index is 13.3. The van der Waals surface area contributed by atoms with Crippen LogP contribution in [0.15, 0.2) is 0 Å². The molecule has 1 saturated heterocycles. The number of nitrogens with zero attached hydrogens (tertiary/aromatic N) is 1. The molecule has 0 radical (unpaired) electrons. The molecule has 1 aliphatic heterocycles.